The Labute approximate surface area is 140 Å². The monoisotopic (exact) mass is 358 g/mol. The molecule has 2 rings (SSSR count). The molecule has 8 heteroatoms. The summed E-state index contributed by atoms with van der Waals surface area (Å²) < 4.78 is 30.1. The highest BCUT2D eigenvalue weighted by molar-refractivity contribution is 7.63. The molecule has 0 fully saturated rings. The van der Waals surface area contributed by atoms with Gasteiger partial charge in [0.05, 0.1) is 18.9 Å². The molecule has 0 atom stereocenters. The molecular formula is C15H23N2O4PS. The zero-order valence-electron chi connectivity index (χ0n) is 13.9. The molecule has 23 heavy (non-hydrogen) atoms. The molecule has 0 saturated heterocycles. The quantitative estimate of drug-likeness (QED) is 0.716. The maximum absolute atomic E-state index is 13.2. The lowest BCUT2D eigenvalue weighted by Gasteiger charge is -2.17. The molecule has 0 aliphatic rings. The molecule has 0 aliphatic heterocycles. The van der Waals surface area contributed by atoms with Crippen LogP contribution in [-0.2, 0) is 20.0 Å². The molecule has 0 amide bonds. The molecule has 2 aromatic heterocycles. The highest BCUT2D eigenvalue weighted by atomic mass is 32.1. The molecule has 0 aliphatic carbocycles. The predicted molar refractivity (Wildman–Crippen MR) is 93.3 cm³/mol. The van der Waals surface area contributed by atoms with Crippen LogP contribution in [0.2, 0.25) is 0 Å². The normalized spacial score (nSPS) is 12.2. The first-order valence-corrected chi connectivity index (χ1v) is 10.1. The third-order valence-electron chi connectivity index (χ3n) is 3.09. The summed E-state index contributed by atoms with van der Waals surface area (Å²) in [6, 6.07) is 0. The van der Waals surface area contributed by atoms with E-state index in [1.165, 1.54) is 11.3 Å². The highest BCUT2D eigenvalue weighted by Gasteiger charge is 2.38. The summed E-state index contributed by atoms with van der Waals surface area (Å²) in [5, 5.41) is 2.74. The summed E-state index contributed by atoms with van der Waals surface area (Å²) >= 11 is 1.39. The Balaban J connectivity index is 2.63. The molecule has 0 spiro atoms. The summed E-state index contributed by atoms with van der Waals surface area (Å²) in [6.45, 7) is 8.16. The van der Waals surface area contributed by atoms with Gasteiger partial charge in [-0.1, -0.05) is 13.8 Å². The van der Waals surface area contributed by atoms with Gasteiger partial charge in [0.2, 0.25) is 0 Å². The molecule has 0 unspecified atom stereocenters. The van der Waals surface area contributed by atoms with Gasteiger partial charge in [0.25, 0.3) is 0 Å². The van der Waals surface area contributed by atoms with E-state index in [1.807, 2.05) is 5.38 Å². The number of anilines is 1. The van der Waals surface area contributed by atoms with Gasteiger partial charge in [0, 0.05) is 18.0 Å². The van der Waals surface area contributed by atoms with Gasteiger partial charge in [-0.3, -0.25) is 4.57 Å². The first-order valence-electron chi connectivity index (χ1n) is 7.63. The summed E-state index contributed by atoms with van der Waals surface area (Å²) in [4.78, 5) is 4.25. The second-order valence-corrected chi connectivity index (χ2v) is 8.24. The van der Waals surface area contributed by atoms with E-state index in [0.717, 1.165) is 0 Å². The number of furan rings is 1. The molecule has 0 bridgehead atoms. The molecule has 2 N–H and O–H groups in total. The predicted octanol–water partition coefficient (Wildman–Crippen LogP) is 4.08. The minimum absolute atomic E-state index is 0.249. The van der Waals surface area contributed by atoms with Crippen molar-refractivity contribution in [3.05, 3.63) is 17.3 Å². The number of hydrogen-bond donors (Lipinski definition) is 1. The minimum Gasteiger partial charge on any atom is -0.455 e. The Kier molecular flexibility index (Phi) is 6.03. The zero-order valence-corrected chi connectivity index (χ0v) is 15.6. The maximum Gasteiger partial charge on any atom is 0.367 e. The Hall–Kier alpha value is -1.14. The van der Waals surface area contributed by atoms with Crippen LogP contribution in [0.1, 0.15) is 33.5 Å². The molecule has 0 radical (unpaired) electrons. The molecule has 0 saturated carbocycles. The van der Waals surface area contributed by atoms with E-state index in [4.69, 9.17) is 19.2 Å². The van der Waals surface area contributed by atoms with Crippen molar-refractivity contribution < 1.29 is 18.0 Å². The van der Waals surface area contributed by atoms with Gasteiger partial charge in [-0.2, -0.15) is 0 Å². The minimum atomic E-state index is -3.56. The van der Waals surface area contributed by atoms with E-state index in [-0.39, 0.29) is 13.2 Å². The van der Waals surface area contributed by atoms with E-state index >= 15 is 0 Å². The number of nitrogens with two attached hydrogens (primary N) is 1. The van der Waals surface area contributed by atoms with Gasteiger partial charge in [0.1, 0.15) is 11.1 Å². The second-order valence-electron chi connectivity index (χ2n) is 5.38. The third-order valence-corrected chi connectivity index (χ3v) is 6.05. The van der Waals surface area contributed by atoms with Gasteiger partial charge in [-0.25, -0.2) is 4.98 Å². The van der Waals surface area contributed by atoms with Crippen LogP contribution in [0.5, 0.6) is 0 Å². The smallest absolute Gasteiger partial charge is 0.367 e. The maximum atomic E-state index is 13.2. The first-order chi connectivity index (χ1) is 10.9. The van der Waals surface area contributed by atoms with Crippen molar-refractivity contribution in [3.63, 3.8) is 0 Å². The fourth-order valence-electron chi connectivity index (χ4n) is 2.26. The Bertz CT molecular complexity index is 672. The average molecular weight is 358 g/mol. The van der Waals surface area contributed by atoms with E-state index in [1.54, 1.807) is 20.0 Å². The molecule has 128 valence electrons. The summed E-state index contributed by atoms with van der Waals surface area (Å²) in [7, 11) is -3.56. The Morgan fingerprint density at radius 1 is 1.35 bits per heavy atom. The fourth-order valence-corrected chi connectivity index (χ4v) is 4.79. The van der Waals surface area contributed by atoms with Crippen LogP contribution in [-0.4, -0.2) is 18.2 Å². The van der Waals surface area contributed by atoms with Crippen molar-refractivity contribution >= 4 is 29.9 Å². The topological polar surface area (TPSA) is 87.6 Å². The van der Waals surface area contributed by atoms with Crippen LogP contribution in [0, 0.1) is 5.92 Å². The summed E-state index contributed by atoms with van der Waals surface area (Å²) in [5.74, 6) is 1.33. The molecule has 6 nitrogen and oxygen atoms in total. The van der Waals surface area contributed by atoms with Crippen LogP contribution in [0.15, 0.2) is 16.0 Å². The van der Waals surface area contributed by atoms with E-state index in [0.29, 0.717) is 39.9 Å². The molecular weight excluding hydrogens is 335 g/mol. The van der Waals surface area contributed by atoms with Gasteiger partial charge >= 0.3 is 7.60 Å². The second kappa shape index (κ2) is 7.62. The number of hydrogen-bond acceptors (Lipinski definition) is 7. The largest absolute Gasteiger partial charge is 0.455 e. The van der Waals surface area contributed by atoms with E-state index in [2.05, 4.69) is 18.8 Å². The number of rotatable bonds is 8. The fraction of sp³-hybridized carbons (Fsp3) is 0.533. The van der Waals surface area contributed by atoms with E-state index in [9.17, 15) is 4.57 Å². The first kappa shape index (κ1) is 18.2. The number of nitrogen functional groups attached to an aromatic ring is 1. The standard InChI is InChI=1S/C15H23N2O4PS/c1-5-19-22(18,20-6-2)14-12(16)11(9-10(3)4)21-13(14)15-17-7-8-23-15/h7-8,10H,5-6,9,16H2,1-4H3. The molecule has 2 heterocycles. The van der Waals surface area contributed by atoms with Crippen LogP contribution < -0.4 is 11.0 Å². The van der Waals surface area contributed by atoms with Crippen molar-refractivity contribution in [3.8, 4) is 10.8 Å². The van der Waals surface area contributed by atoms with Crippen LogP contribution >= 0.6 is 18.9 Å². The van der Waals surface area contributed by atoms with Crippen molar-refractivity contribution in [2.45, 2.75) is 34.1 Å². The zero-order chi connectivity index (χ0) is 17.0. The Morgan fingerprint density at radius 2 is 2.00 bits per heavy atom. The molecule has 0 aromatic carbocycles. The van der Waals surface area contributed by atoms with Crippen molar-refractivity contribution in [1.82, 2.24) is 4.98 Å². The van der Waals surface area contributed by atoms with Gasteiger partial charge in [-0.05, 0) is 19.8 Å². The van der Waals surface area contributed by atoms with Gasteiger partial charge < -0.3 is 19.2 Å². The Morgan fingerprint density at radius 3 is 2.48 bits per heavy atom. The van der Waals surface area contributed by atoms with Crippen molar-refractivity contribution in [1.29, 1.82) is 0 Å². The number of aromatic nitrogens is 1. The number of nitrogens with zero attached hydrogens (tertiary/aromatic N) is 1. The molecule has 2 aromatic rings. The van der Waals surface area contributed by atoms with Gasteiger partial charge in [-0.15, -0.1) is 11.3 Å². The van der Waals surface area contributed by atoms with Gasteiger partial charge in [0.15, 0.2) is 10.8 Å². The van der Waals surface area contributed by atoms with Crippen LogP contribution in [0.4, 0.5) is 5.69 Å². The third kappa shape index (κ3) is 3.86. The highest BCUT2D eigenvalue weighted by Crippen LogP contribution is 2.52. The average Bonchev–Trinajstić information content (AvgIpc) is 3.08. The summed E-state index contributed by atoms with van der Waals surface area (Å²) in [6.07, 6.45) is 2.30. The van der Waals surface area contributed by atoms with E-state index < -0.39 is 7.60 Å². The van der Waals surface area contributed by atoms with Crippen molar-refractivity contribution in [2.75, 3.05) is 18.9 Å². The van der Waals surface area contributed by atoms with Crippen LogP contribution in [0.3, 0.4) is 0 Å². The lowest BCUT2D eigenvalue weighted by molar-refractivity contribution is 0.230. The number of thiazole rings is 1. The lowest BCUT2D eigenvalue weighted by Crippen LogP contribution is -2.15. The van der Waals surface area contributed by atoms with Crippen LogP contribution in [0.25, 0.3) is 10.8 Å². The SMILES string of the molecule is CCOP(=O)(OCC)c1c(-c2nccs2)oc(CC(C)C)c1N. The van der Waals surface area contributed by atoms with Crippen molar-refractivity contribution in [2.24, 2.45) is 5.92 Å². The summed E-state index contributed by atoms with van der Waals surface area (Å²) in [5.41, 5.74) is 6.60. The lowest BCUT2D eigenvalue weighted by atomic mass is 10.1.